The lowest BCUT2D eigenvalue weighted by atomic mass is 9.85. The van der Waals surface area contributed by atoms with Gasteiger partial charge in [0.2, 0.25) is 6.41 Å². The zero-order valence-electron chi connectivity index (χ0n) is 8.15. The predicted molar refractivity (Wildman–Crippen MR) is 48.1 cm³/mol. The highest BCUT2D eigenvalue weighted by Gasteiger charge is 2.44. The standard InChI is InChI=1S/C8H16N2O3/c1-6(2)8(4-9,7(12)13)10(3)5-11/h5-6H,4,9H2,1-3H3,(H,12,13). The Bertz CT molecular complexity index is 206. The first-order valence-electron chi connectivity index (χ1n) is 4.05. The number of likely N-dealkylation sites (N-methyl/N-ethyl adjacent to an activating group) is 1. The van der Waals surface area contributed by atoms with Gasteiger partial charge < -0.3 is 15.7 Å². The van der Waals surface area contributed by atoms with E-state index in [2.05, 4.69) is 0 Å². The molecule has 0 fully saturated rings. The topological polar surface area (TPSA) is 83.6 Å². The summed E-state index contributed by atoms with van der Waals surface area (Å²) in [5, 5.41) is 9.02. The van der Waals surface area contributed by atoms with Crippen molar-refractivity contribution in [2.24, 2.45) is 11.7 Å². The van der Waals surface area contributed by atoms with Gasteiger partial charge in [-0.05, 0) is 5.92 Å². The lowest BCUT2D eigenvalue weighted by molar-refractivity contribution is -0.156. The quantitative estimate of drug-likeness (QED) is 0.570. The van der Waals surface area contributed by atoms with Crippen molar-refractivity contribution >= 4 is 12.4 Å². The maximum Gasteiger partial charge on any atom is 0.331 e. The molecule has 76 valence electrons. The van der Waals surface area contributed by atoms with Crippen molar-refractivity contribution in [2.45, 2.75) is 19.4 Å². The molecule has 5 heteroatoms. The summed E-state index contributed by atoms with van der Waals surface area (Å²) in [4.78, 5) is 22.7. The van der Waals surface area contributed by atoms with E-state index in [0.29, 0.717) is 6.41 Å². The molecule has 13 heavy (non-hydrogen) atoms. The van der Waals surface area contributed by atoms with Crippen molar-refractivity contribution in [3.63, 3.8) is 0 Å². The van der Waals surface area contributed by atoms with Gasteiger partial charge in [0.05, 0.1) is 0 Å². The van der Waals surface area contributed by atoms with Crippen LogP contribution in [0.15, 0.2) is 0 Å². The molecule has 0 bridgehead atoms. The van der Waals surface area contributed by atoms with Crippen LogP contribution in [0.2, 0.25) is 0 Å². The summed E-state index contributed by atoms with van der Waals surface area (Å²) in [6.45, 7) is 3.36. The van der Waals surface area contributed by atoms with Gasteiger partial charge in [0.25, 0.3) is 0 Å². The van der Waals surface area contributed by atoms with Gasteiger partial charge in [-0.3, -0.25) is 4.79 Å². The van der Waals surface area contributed by atoms with Gasteiger partial charge in [-0.25, -0.2) is 4.79 Å². The number of carboxylic acid groups (broad SMARTS) is 1. The van der Waals surface area contributed by atoms with Gasteiger partial charge in [-0.15, -0.1) is 0 Å². The summed E-state index contributed by atoms with van der Waals surface area (Å²) in [6, 6.07) is 0. The van der Waals surface area contributed by atoms with Gasteiger partial charge in [-0.2, -0.15) is 0 Å². The molecule has 0 saturated carbocycles. The molecule has 0 saturated heterocycles. The molecule has 0 aliphatic carbocycles. The maximum atomic E-state index is 11.0. The normalized spacial score (nSPS) is 15.2. The van der Waals surface area contributed by atoms with Crippen LogP contribution in [0.3, 0.4) is 0 Å². The third-order valence-electron chi connectivity index (χ3n) is 2.42. The van der Waals surface area contributed by atoms with Crippen molar-refractivity contribution in [1.29, 1.82) is 0 Å². The Hall–Kier alpha value is -1.10. The number of hydrogen-bond acceptors (Lipinski definition) is 3. The number of rotatable bonds is 5. The Labute approximate surface area is 77.5 Å². The number of aliphatic carboxylic acids is 1. The van der Waals surface area contributed by atoms with Crippen molar-refractivity contribution in [3.05, 3.63) is 0 Å². The van der Waals surface area contributed by atoms with E-state index in [4.69, 9.17) is 10.8 Å². The first-order valence-corrected chi connectivity index (χ1v) is 4.05. The summed E-state index contributed by atoms with van der Waals surface area (Å²) in [5.41, 5.74) is 4.11. The molecule has 0 rings (SSSR count). The molecule has 0 aromatic rings. The van der Waals surface area contributed by atoms with Gasteiger partial charge in [-0.1, -0.05) is 13.8 Å². The number of nitrogens with two attached hydrogens (primary N) is 1. The van der Waals surface area contributed by atoms with Crippen LogP contribution in [0.5, 0.6) is 0 Å². The van der Waals surface area contributed by atoms with Crippen molar-refractivity contribution in [2.75, 3.05) is 13.6 Å². The minimum Gasteiger partial charge on any atom is -0.479 e. The fourth-order valence-corrected chi connectivity index (χ4v) is 1.37. The molecule has 1 amide bonds. The fourth-order valence-electron chi connectivity index (χ4n) is 1.37. The molecule has 0 radical (unpaired) electrons. The molecule has 0 heterocycles. The van der Waals surface area contributed by atoms with Crippen LogP contribution in [0.25, 0.3) is 0 Å². The van der Waals surface area contributed by atoms with Crippen LogP contribution < -0.4 is 5.73 Å². The van der Waals surface area contributed by atoms with E-state index in [0.717, 1.165) is 4.90 Å². The van der Waals surface area contributed by atoms with Crippen LogP contribution in [0, 0.1) is 5.92 Å². The lowest BCUT2D eigenvalue weighted by Crippen LogP contribution is -2.60. The molecule has 0 aliphatic rings. The zero-order chi connectivity index (χ0) is 10.6. The SMILES string of the molecule is CC(C)C(CN)(C(=O)O)N(C)C=O. The second-order valence-electron chi connectivity index (χ2n) is 3.30. The third kappa shape index (κ3) is 1.80. The Morgan fingerprint density at radius 2 is 2.15 bits per heavy atom. The Morgan fingerprint density at radius 3 is 2.23 bits per heavy atom. The average molecular weight is 188 g/mol. The van der Waals surface area contributed by atoms with E-state index >= 15 is 0 Å². The molecule has 3 N–H and O–H groups in total. The van der Waals surface area contributed by atoms with Crippen molar-refractivity contribution < 1.29 is 14.7 Å². The summed E-state index contributed by atoms with van der Waals surface area (Å²) in [5.74, 6) is -1.30. The number of nitrogens with zero attached hydrogens (tertiary/aromatic N) is 1. The molecule has 0 aromatic heterocycles. The van der Waals surface area contributed by atoms with Crippen molar-refractivity contribution in [3.8, 4) is 0 Å². The van der Waals surface area contributed by atoms with Crippen LogP contribution in [0.1, 0.15) is 13.8 Å². The van der Waals surface area contributed by atoms with E-state index in [1.54, 1.807) is 13.8 Å². The number of carboxylic acids is 1. The summed E-state index contributed by atoms with van der Waals surface area (Å²) >= 11 is 0. The summed E-state index contributed by atoms with van der Waals surface area (Å²) in [7, 11) is 1.42. The number of amides is 1. The van der Waals surface area contributed by atoms with Crippen LogP contribution in [-0.4, -0.2) is 41.5 Å². The molecule has 5 nitrogen and oxygen atoms in total. The molecule has 0 aromatic carbocycles. The van der Waals surface area contributed by atoms with Crippen LogP contribution >= 0.6 is 0 Å². The number of hydrogen-bond donors (Lipinski definition) is 2. The maximum absolute atomic E-state index is 11.0. The molecular weight excluding hydrogens is 172 g/mol. The van der Waals surface area contributed by atoms with Gasteiger partial charge in [0.1, 0.15) is 0 Å². The van der Waals surface area contributed by atoms with Gasteiger partial charge in [0.15, 0.2) is 5.54 Å². The first kappa shape index (κ1) is 11.9. The van der Waals surface area contributed by atoms with E-state index < -0.39 is 11.5 Å². The minimum atomic E-state index is -1.29. The van der Waals surface area contributed by atoms with E-state index in [1.165, 1.54) is 7.05 Å². The second kappa shape index (κ2) is 4.23. The smallest absolute Gasteiger partial charge is 0.331 e. The molecule has 1 unspecified atom stereocenters. The summed E-state index contributed by atoms with van der Waals surface area (Å²) in [6.07, 6.45) is 0.487. The monoisotopic (exact) mass is 188 g/mol. The predicted octanol–water partition coefficient (Wildman–Crippen LogP) is -0.487. The minimum absolute atomic E-state index is 0.0881. The Balaban J connectivity index is 5.09. The molecule has 0 spiro atoms. The highest BCUT2D eigenvalue weighted by Crippen LogP contribution is 2.21. The summed E-state index contributed by atoms with van der Waals surface area (Å²) < 4.78 is 0. The molecule has 0 aliphatic heterocycles. The highest BCUT2D eigenvalue weighted by atomic mass is 16.4. The Morgan fingerprint density at radius 1 is 1.69 bits per heavy atom. The number of carbonyl (C=O) groups is 2. The Kier molecular flexibility index (Phi) is 3.87. The highest BCUT2D eigenvalue weighted by molar-refractivity contribution is 5.82. The molecule has 1 atom stereocenters. The van der Waals surface area contributed by atoms with E-state index in [1.807, 2.05) is 0 Å². The number of carbonyl (C=O) groups excluding carboxylic acids is 1. The van der Waals surface area contributed by atoms with Gasteiger partial charge >= 0.3 is 5.97 Å². The van der Waals surface area contributed by atoms with Crippen molar-refractivity contribution in [1.82, 2.24) is 4.90 Å². The second-order valence-corrected chi connectivity index (χ2v) is 3.30. The van der Waals surface area contributed by atoms with E-state index in [-0.39, 0.29) is 12.5 Å². The molecular formula is C8H16N2O3. The van der Waals surface area contributed by atoms with Crippen LogP contribution in [0.4, 0.5) is 0 Å². The first-order chi connectivity index (χ1) is 5.93. The fraction of sp³-hybridized carbons (Fsp3) is 0.750. The van der Waals surface area contributed by atoms with Crippen LogP contribution in [-0.2, 0) is 9.59 Å². The zero-order valence-corrected chi connectivity index (χ0v) is 8.15. The largest absolute Gasteiger partial charge is 0.479 e. The third-order valence-corrected chi connectivity index (χ3v) is 2.42. The lowest BCUT2D eigenvalue weighted by Gasteiger charge is -2.38. The van der Waals surface area contributed by atoms with E-state index in [9.17, 15) is 9.59 Å². The van der Waals surface area contributed by atoms with Gasteiger partial charge in [0, 0.05) is 13.6 Å². The average Bonchev–Trinajstić information content (AvgIpc) is 2.04.